The smallest absolute Gasteiger partial charge is 0.324 e. The van der Waals surface area contributed by atoms with E-state index in [0.717, 1.165) is 18.4 Å². The Balaban J connectivity index is 2.51. The van der Waals surface area contributed by atoms with E-state index in [-0.39, 0.29) is 0 Å². The molecule has 0 radical (unpaired) electrons. The van der Waals surface area contributed by atoms with Gasteiger partial charge in [-0.2, -0.15) is 0 Å². The first-order valence-corrected chi connectivity index (χ1v) is 2.89. The molecular weight excluding hydrogens is 118 g/mol. The summed E-state index contributed by atoms with van der Waals surface area (Å²) >= 11 is 0. The third-order valence-corrected chi connectivity index (χ3v) is 1.51. The SMILES string of the molecule is NC(C(=O)O)C1=CCC1. The van der Waals surface area contributed by atoms with Crippen LogP contribution in [0.1, 0.15) is 12.8 Å². The standard InChI is InChI=1S/C6H9NO2/c7-5(6(8)9)4-2-1-3-4/h2,5H,1,3,7H2,(H,8,9). The lowest BCUT2D eigenvalue weighted by Gasteiger charge is -2.17. The summed E-state index contributed by atoms with van der Waals surface area (Å²) < 4.78 is 0. The van der Waals surface area contributed by atoms with Gasteiger partial charge in [-0.1, -0.05) is 6.08 Å². The second kappa shape index (κ2) is 2.19. The molecule has 0 fully saturated rings. The van der Waals surface area contributed by atoms with Gasteiger partial charge in [0.2, 0.25) is 0 Å². The molecule has 1 atom stereocenters. The Morgan fingerprint density at radius 3 is 2.56 bits per heavy atom. The fourth-order valence-electron chi connectivity index (χ4n) is 0.752. The van der Waals surface area contributed by atoms with E-state index in [9.17, 15) is 4.79 Å². The number of nitrogens with two attached hydrogens (primary N) is 1. The Bertz CT molecular complexity index is 162. The monoisotopic (exact) mass is 127 g/mol. The molecule has 0 spiro atoms. The van der Waals surface area contributed by atoms with E-state index in [1.807, 2.05) is 6.08 Å². The third kappa shape index (κ3) is 1.10. The molecule has 3 nitrogen and oxygen atoms in total. The predicted octanol–water partition coefficient (Wildman–Crippen LogP) is 0.118. The number of rotatable bonds is 2. The van der Waals surface area contributed by atoms with Crippen molar-refractivity contribution in [2.75, 3.05) is 0 Å². The summed E-state index contributed by atoms with van der Waals surface area (Å²) in [6.07, 6.45) is 3.71. The molecule has 1 aliphatic carbocycles. The molecule has 0 aromatic rings. The topological polar surface area (TPSA) is 63.3 Å². The summed E-state index contributed by atoms with van der Waals surface area (Å²) in [5, 5.41) is 8.35. The maximum Gasteiger partial charge on any atom is 0.324 e. The fourth-order valence-corrected chi connectivity index (χ4v) is 0.752. The summed E-state index contributed by atoms with van der Waals surface area (Å²) in [6, 6.07) is -0.751. The maximum absolute atomic E-state index is 10.2. The molecule has 1 unspecified atom stereocenters. The van der Waals surface area contributed by atoms with E-state index in [1.54, 1.807) is 0 Å². The van der Waals surface area contributed by atoms with E-state index < -0.39 is 12.0 Å². The highest BCUT2D eigenvalue weighted by molar-refractivity contribution is 5.77. The lowest BCUT2D eigenvalue weighted by atomic mass is 9.93. The highest BCUT2D eigenvalue weighted by Crippen LogP contribution is 2.19. The number of aliphatic carboxylic acids is 1. The Hall–Kier alpha value is -0.830. The zero-order chi connectivity index (χ0) is 6.85. The molecule has 0 aliphatic heterocycles. The molecule has 9 heavy (non-hydrogen) atoms. The van der Waals surface area contributed by atoms with Crippen molar-refractivity contribution in [3.8, 4) is 0 Å². The van der Waals surface area contributed by atoms with Crippen molar-refractivity contribution in [3.63, 3.8) is 0 Å². The van der Waals surface area contributed by atoms with Crippen molar-refractivity contribution in [2.24, 2.45) is 5.73 Å². The van der Waals surface area contributed by atoms with Gasteiger partial charge in [0.25, 0.3) is 0 Å². The first kappa shape index (κ1) is 6.29. The Morgan fingerprint density at radius 1 is 1.89 bits per heavy atom. The van der Waals surface area contributed by atoms with Gasteiger partial charge in [0.05, 0.1) is 0 Å². The first-order valence-electron chi connectivity index (χ1n) is 2.89. The minimum atomic E-state index is -0.930. The van der Waals surface area contributed by atoms with Crippen molar-refractivity contribution < 1.29 is 9.90 Å². The van der Waals surface area contributed by atoms with Crippen LogP contribution < -0.4 is 5.73 Å². The first-order chi connectivity index (χ1) is 4.22. The van der Waals surface area contributed by atoms with Crippen LogP contribution in [0.5, 0.6) is 0 Å². The molecule has 0 heterocycles. The summed E-state index contributed by atoms with van der Waals surface area (Å²) in [5.41, 5.74) is 6.12. The minimum Gasteiger partial charge on any atom is -0.480 e. The average Bonchev–Trinajstić information content (AvgIpc) is 1.60. The van der Waals surface area contributed by atoms with Gasteiger partial charge in [0.1, 0.15) is 6.04 Å². The average molecular weight is 127 g/mol. The van der Waals surface area contributed by atoms with Gasteiger partial charge in [-0.15, -0.1) is 0 Å². The number of hydrogen-bond donors (Lipinski definition) is 2. The van der Waals surface area contributed by atoms with Crippen LogP contribution in [0.15, 0.2) is 11.6 Å². The summed E-state index contributed by atoms with van der Waals surface area (Å²) in [7, 11) is 0. The maximum atomic E-state index is 10.2. The Kier molecular flexibility index (Phi) is 1.53. The quantitative estimate of drug-likeness (QED) is 0.518. The number of carboxylic acids is 1. The predicted molar refractivity (Wildman–Crippen MR) is 32.9 cm³/mol. The van der Waals surface area contributed by atoms with Gasteiger partial charge in [0.15, 0.2) is 0 Å². The van der Waals surface area contributed by atoms with Gasteiger partial charge in [-0.3, -0.25) is 4.79 Å². The van der Waals surface area contributed by atoms with E-state index in [4.69, 9.17) is 10.8 Å². The van der Waals surface area contributed by atoms with Gasteiger partial charge in [0, 0.05) is 0 Å². The fraction of sp³-hybridized carbons (Fsp3) is 0.500. The highest BCUT2D eigenvalue weighted by atomic mass is 16.4. The van der Waals surface area contributed by atoms with Gasteiger partial charge >= 0.3 is 5.97 Å². The van der Waals surface area contributed by atoms with Crippen LogP contribution in [0.2, 0.25) is 0 Å². The van der Waals surface area contributed by atoms with Crippen molar-refractivity contribution in [1.29, 1.82) is 0 Å². The van der Waals surface area contributed by atoms with E-state index in [0.29, 0.717) is 0 Å². The van der Waals surface area contributed by atoms with Gasteiger partial charge in [-0.05, 0) is 18.4 Å². The lowest BCUT2D eigenvalue weighted by molar-refractivity contribution is -0.137. The second-order valence-electron chi connectivity index (χ2n) is 2.13. The molecule has 3 heteroatoms. The molecule has 0 amide bonds. The molecule has 3 N–H and O–H groups in total. The zero-order valence-electron chi connectivity index (χ0n) is 5.00. The third-order valence-electron chi connectivity index (χ3n) is 1.51. The van der Waals surface area contributed by atoms with Crippen LogP contribution in [0.4, 0.5) is 0 Å². The Morgan fingerprint density at radius 2 is 2.44 bits per heavy atom. The summed E-state index contributed by atoms with van der Waals surface area (Å²) in [5.74, 6) is -0.930. The lowest BCUT2D eigenvalue weighted by Crippen LogP contribution is -2.33. The largest absolute Gasteiger partial charge is 0.480 e. The number of carbonyl (C=O) groups is 1. The van der Waals surface area contributed by atoms with Crippen LogP contribution >= 0.6 is 0 Å². The summed E-state index contributed by atoms with van der Waals surface area (Å²) in [6.45, 7) is 0. The molecule has 0 saturated carbocycles. The number of hydrogen-bond acceptors (Lipinski definition) is 2. The van der Waals surface area contributed by atoms with Crippen molar-refractivity contribution in [3.05, 3.63) is 11.6 Å². The van der Waals surface area contributed by atoms with Crippen LogP contribution in [0.3, 0.4) is 0 Å². The van der Waals surface area contributed by atoms with E-state index >= 15 is 0 Å². The van der Waals surface area contributed by atoms with Crippen molar-refractivity contribution in [2.45, 2.75) is 18.9 Å². The molecule has 0 aromatic carbocycles. The highest BCUT2D eigenvalue weighted by Gasteiger charge is 2.19. The molecule has 0 saturated heterocycles. The zero-order valence-corrected chi connectivity index (χ0v) is 5.00. The molecule has 50 valence electrons. The van der Waals surface area contributed by atoms with Crippen molar-refractivity contribution in [1.82, 2.24) is 0 Å². The number of carboxylic acid groups (broad SMARTS) is 1. The minimum absolute atomic E-state index is 0.751. The van der Waals surface area contributed by atoms with Gasteiger partial charge in [-0.25, -0.2) is 0 Å². The molecule has 0 bridgehead atoms. The number of allylic oxidation sites excluding steroid dienone is 1. The van der Waals surface area contributed by atoms with Crippen LogP contribution in [0.25, 0.3) is 0 Å². The molecule has 0 aromatic heterocycles. The molecular formula is C6H9NO2. The van der Waals surface area contributed by atoms with Crippen LogP contribution in [-0.2, 0) is 4.79 Å². The second-order valence-corrected chi connectivity index (χ2v) is 2.13. The Labute approximate surface area is 53.2 Å². The normalized spacial score (nSPS) is 19.9. The summed E-state index contributed by atoms with van der Waals surface area (Å²) in [4.78, 5) is 10.2. The molecule has 1 aliphatic rings. The molecule has 1 rings (SSSR count). The van der Waals surface area contributed by atoms with E-state index in [2.05, 4.69) is 0 Å². The van der Waals surface area contributed by atoms with E-state index in [1.165, 1.54) is 0 Å². The van der Waals surface area contributed by atoms with Crippen LogP contribution in [0, 0.1) is 0 Å². The van der Waals surface area contributed by atoms with Crippen LogP contribution in [-0.4, -0.2) is 17.1 Å². The van der Waals surface area contributed by atoms with Crippen molar-refractivity contribution >= 4 is 5.97 Å². The van der Waals surface area contributed by atoms with Gasteiger partial charge < -0.3 is 10.8 Å².